The zero-order chi connectivity index (χ0) is 15.5. The Labute approximate surface area is 109 Å². The summed E-state index contributed by atoms with van der Waals surface area (Å²) in [6.45, 7) is -0.503. The van der Waals surface area contributed by atoms with E-state index in [-0.39, 0.29) is 5.69 Å². The minimum atomic E-state index is -5.10. The van der Waals surface area contributed by atoms with Crippen molar-refractivity contribution in [2.45, 2.75) is 25.8 Å². The molecule has 3 N–H and O–H groups in total. The van der Waals surface area contributed by atoms with E-state index in [0.29, 0.717) is 6.07 Å². The monoisotopic (exact) mass is 300 g/mol. The van der Waals surface area contributed by atoms with Crippen LogP contribution in [0.25, 0.3) is 0 Å². The van der Waals surface area contributed by atoms with Crippen LogP contribution in [-0.4, -0.2) is 22.4 Å². The van der Waals surface area contributed by atoms with Crippen molar-refractivity contribution in [1.82, 2.24) is 4.98 Å². The fourth-order valence-corrected chi connectivity index (χ4v) is 1.51. The van der Waals surface area contributed by atoms with Crippen LogP contribution < -0.4 is 10.5 Å². The van der Waals surface area contributed by atoms with Crippen molar-refractivity contribution >= 4 is 5.97 Å². The van der Waals surface area contributed by atoms with Gasteiger partial charge in [-0.2, -0.15) is 0 Å². The summed E-state index contributed by atoms with van der Waals surface area (Å²) in [6.07, 6.45) is -9.12. The Morgan fingerprint density at radius 3 is 2.45 bits per heavy atom. The molecule has 0 bridgehead atoms. The first-order valence-electron chi connectivity index (χ1n) is 5.12. The van der Waals surface area contributed by atoms with Crippen molar-refractivity contribution in [3.8, 4) is 5.88 Å². The second-order valence-electron chi connectivity index (χ2n) is 3.60. The highest BCUT2D eigenvalue weighted by molar-refractivity contribution is 5.71. The largest absolute Gasteiger partial charge is 0.574 e. The molecule has 0 atom stereocenters. The molecule has 0 aliphatic carbocycles. The highest BCUT2D eigenvalue weighted by Crippen LogP contribution is 2.30. The summed E-state index contributed by atoms with van der Waals surface area (Å²) >= 11 is 0. The second-order valence-corrected chi connectivity index (χ2v) is 3.60. The number of ether oxygens (including phenoxy) is 1. The van der Waals surface area contributed by atoms with Gasteiger partial charge in [0.05, 0.1) is 12.1 Å². The maximum Gasteiger partial charge on any atom is 0.574 e. The Hall–Kier alpha value is -1.97. The number of hydrogen-bond acceptors (Lipinski definition) is 4. The molecule has 10 heteroatoms. The quantitative estimate of drug-likeness (QED) is 0.812. The predicted octanol–water partition coefficient (Wildman–Crippen LogP) is 2.00. The molecule has 5 nitrogen and oxygen atoms in total. The third kappa shape index (κ3) is 4.30. The fraction of sp³-hybridized carbons (Fsp3) is 0.400. The number of nitrogens with two attached hydrogens (primary N) is 1. The molecule has 1 aromatic heterocycles. The summed E-state index contributed by atoms with van der Waals surface area (Å²) in [5.74, 6) is -2.55. The molecule has 1 heterocycles. The third-order valence-electron chi connectivity index (χ3n) is 2.20. The van der Waals surface area contributed by atoms with Crippen molar-refractivity contribution < 1.29 is 36.6 Å². The molecule has 0 aromatic carbocycles. The van der Waals surface area contributed by atoms with E-state index in [0.717, 1.165) is 0 Å². The van der Waals surface area contributed by atoms with Gasteiger partial charge in [-0.05, 0) is 5.56 Å². The van der Waals surface area contributed by atoms with E-state index in [9.17, 15) is 26.7 Å². The number of carbonyl (C=O) groups is 1. The Morgan fingerprint density at radius 2 is 2.05 bits per heavy atom. The molecule has 0 amide bonds. The van der Waals surface area contributed by atoms with Gasteiger partial charge in [0.25, 0.3) is 6.43 Å². The highest BCUT2D eigenvalue weighted by Gasteiger charge is 2.33. The minimum Gasteiger partial charge on any atom is -0.481 e. The lowest BCUT2D eigenvalue weighted by Gasteiger charge is -2.15. The molecule has 112 valence electrons. The Bertz CT molecular complexity index is 504. The van der Waals surface area contributed by atoms with Crippen LogP contribution in [-0.2, 0) is 17.8 Å². The number of halogens is 5. The molecule has 0 radical (unpaired) electrons. The topological polar surface area (TPSA) is 85.4 Å². The first-order chi connectivity index (χ1) is 9.14. The summed E-state index contributed by atoms with van der Waals surface area (Å²) in [4.78, 5) is 13.9. The van der Waals surface area contributed by atoms with Gasteiger partial charge in [-0.3, -0.25) is 4.79 Å². The van der Waals surface area contributed by atoms with Gasteiger partial charge in [0.2, 0.25) is 5.88 Å². The molecule has 0 saturated carbocycles. The summed E-state index contributed by atoms with van der Waals surface area (Å²) in [5, 5.41) is 8.62. The third-order valence-corrected chi connectivity index (χ3v) is 2.20. The van der Waals surface area contributed by atoms with E-state index in [1.807, 2.05) is 0 Å². The van der Waals surface area contributed by atoms with Crippen molar-refractivity contribution in [3.05, 3.63) is 22.9 Å². The van der Waals surface area contributed by atoms with Crippen LogP contribution in [0.2, 0.25) is 0 Å². The number of pyridine rings is 1. The number of aliphatic carboxylic acids is 1. The number of nitrogens with zero attached hydrogens (tertiary/aromatic N) is 1. The maximum atomic E-state index is 12.8. The van der Waals surface area contributed by atoms with Crippen LogP contribution in [0.5, 0.6) is 5.88 Å². The van der Waals surface area contributed by atoms with Crippen LogP contribution in [0, 0.1) is 0 Å². The number of hydrogen-bond donors (Lipinski definition) is 2. The van der Waals surface area contributed by atoms with Gasteiger partial charge in [-0.15, -0.1) is 13.2 Å². The molecule has 0 spiro atoms. The summed E-state index contributed by atoms with van der Waals surface area (Å²) in [6, 6.07) is 0.357. The molecule has 0 unspecified atom stereocenters. The summed E-state index contributed by atoms with van der Waals surface area (Å²) in [5.41, 5.74) is 3.49. The van der Waals surface area contributed by atoms with E-state index >= 15 is 0 Å². The smallest absolute Gasteiger partial charge is 0.481 e. The Balaban J connectivity index is 3.34. The van der Waals surface area contributed by atoms with Crippen molar-refractivity contribution in [3.63, 3.8) is 0 Å². The minimum absolute atomic E-state index is 0.357. The average molecular weight is 300 g/mol. The van der Waals surface area contributed by atoms with Crippen molar-refractivity contribution in [1.29, 1.82) is 0 Å². The Morgan fingerprint density at radius 1 is 1.45 bits per heavy atom. The van der Waals surface area contributed by atoms with E-state index in [1.165, 1.54) is 0 Å². The van der Waals surface area contributed by atoms with Crippen LogP contribution in [0.1, 0.15) is 23.2 Å². The molecular weight excluding hydrogens is 291 g/mol. The van der Waals surface area contributed by atoms with E-state index < -0.39 is 48.7 Å². The van der Waals surface area contributed by atoms with Gasteiger partial charge >= 0.3 is 12.3 Å². The predicted molar refractivity (Wildman–Crippen MR) is 55.1 cm³/mol. The number of carboxylic acids is 1. The zero-order valence-electron chi connectivity index (χ0n) is 9.75. The number of aromatic nitrogens is 1. The van der Waals surface area contributed by atoms with Gasteiger partial charge in [-0.25, -0.2) is 13.8 Å². The van der Waals surface area contributed by atoms with Crippen molar-refractivity contribution in [2.24, 2.45) is 5.73 Å². The number of rotatable bonds is 5. The van der Waals surface area contributed by atoms with Gasteiger partial charge in [0.15, 0.2) is 0 Å². The molecule has 0 aliphatic rings. The second kappa shape index (κ2) is 5.99. The molecule has 0 saturated heterocycles. The SMILES string of the molecule is NCc1nc(OC(F)(F)F)cc(C(F)F)c1CC(=O)O. The lowest BCUT2D eigenvalue weighted by molar-refractivity contribution is -0.276. The van der Waals surface area contributed by atoms with Crippen LogP contribution in [0.3, 0.4) is 0 Å². The summed E-state index contributed by atoms with van der Waals surface area (Å²) in [7, 11) is 0. The number of carboxylic acid groups (broad SMARTS) is 1. The van der Waals surface area contributed by atoms with Gasteiger partial charge in [0.1, 0.15) is 0 Å². The first-order valence-corrected chi connectivity index (χ1v) is 5.12. The average Bonchev–Trinajstić information content (AvgIpc) is 2.27. The van der Waals surface area contributed by atoms with Crippen LogP contribution in [0.15, 0.2) is 6.07 Å². The first kappa shape index (κ1) is 16.1. The normalized spacial score (nSPS) is 11.8. The summed E-state index contributed by atoms with van der Waals surface area (Å²) < 4.78 is 65.2. The molecule has 0 fully saturated rings. The van der Waals surface area contributed by atoms with E-state index in [4.69, 9.17) is 10.8 Å². The van der Waals surface area contributed by atoms with Gasteiger partial charge in [-0.1, -0.05) is 0 Å². The van der Waals surface area contributed by atoms with Crippen LogP contribution in [0.4, 0.5) is 22.0 Å². The lowest BCUT2D eigenvalue weighted by Crippen LogP contribution is -2.20. The zero-order valence-corrected chi connectivity index (χ0v) is 9.75. The molecule has 20 heavy (non-hydrogen) atoms. The van der Waals surface area contributed by atoms with Crippen molar-refractivity contribution in [2.75, 3.05) is 0 Å². The standard InChI is InChI=1S/C10H9F5N2O3/c11-9(12)5-1-7(20-10(13,14)15)17-6(3-16)4(5)2-8(18)19/h1,9H,2-3,16H2,(H,18,19). The lowest BCUT2D eigenvalue weighted by atomic mass is 10.0. The van der Waals surface area contributed by atoms with E-state index in [2.05, 4.69) is 9.72 Å². The van der Waals surface area contributed by atoms with E-state index in [1.54, 1.807) is 0 Å². The van der Waals surface area contributed by atoms with Gasteiger partial charge in [0, 0.05) is 18.2 Å². The van der Waals surface area contributed by atoms with Crippen LogP contribution >= 0.6 is 0 Å². The Kier molecular flexibility index (Phi) is 4.82. The molecular formula is C10H9F5N2O3. The molecule has 1 aromatic rings. The highest BCUT2D eigenvalue weighted by atomic mass is 19.4. The molecule has 1 rings (SSSR count). The molecule has 0 aliphatic heterocycles. The number of alkyl halides is 5. The van der Waals surface area contributed by atoms with Gasteiger partial charge < -0.3 is 15.6 Å². The maximum absolute atomic E-state index is 12.8. The fourth-order valence-electron chi connectivity index (χ4n) is 1.51.